The number of hydrogen-bond acceptors (Lipinski definition) is 5. The van der Waals surface area contributed by atoms with E-state index in [4.69, 9.17) is 4.74 Å². The Hall–Kier alpha value is -2.67. The number of carbonyl (C=O) groups excluding carboxylic acids is 1. The van der Waals surface area contributed by atoms with Gasteiger partial charge in [0.2, 0.25) is 5.75 Å². The number of carbonyl (C=O) groups is 1. The van der Waals surface area contributed by atoms with Gasteiger partial charge in [0, 0.05) is 38.6 Å². The summed E-state index contributed by atoms with van der Waals surface area (Å²) in [5.41, 5.74) is 2.73. The molecule has 1 N–H and O–H groups in total. The number of rotatable bonds is 5. The molecule has 1 saturated carbocycles. The first-order chi connectivity index (χ1) is 14.8. The Morgan fingerprint density at radius 1 is 1.23 bits per heavy atom. The minimum absolute atomic E-state index is 0.0470. The van der Waals surface area contributed by atoms with Crippen molar-refractivity contribution < 1.29 is 14.6 Å². The quantitative estimate of drug-likeness (QED) is 0.796. The molecule has 1 aliphatic carbocycles. The van der Waals surface area contributed by atoms with E-state index in [9.17, 15) is 14.7 Å². The Bertz CT molecular complexity index is 1070. The van der Waals surface area contributed by atoms with Crippen molar-refractivity contribution in [3.8, 4) is 5.75 Å². The molecule has 1 atom stereocenters. The molecule has 4 rings (SSSR count). The SMILES string of the molecule is COCc1cc(C)cc(C2(Cc3nc(=O)c(O)c4n3C[C@H](C)N(C)C4=O)CCCC2)c1. The number of ether oxygens (including phenoxy) is 1. The molecule has 7 heteroatoms. The number of aryl methyl sites for hydroxylation is 1. The van der Waals surface area contributed by atoms with Crippen LogP contribution in [-0.4, -0.2) is 45.7 Å². The molecular formula is C24H31N3O4. The third-order valence-corrected chi connectivity index (χ3v) is 6.99. The number of amides is 1. The second kappa shape index (κ2) is 8.11. The molecule has 31 heavy (non-hydrogen) atoms. The van der Waals surface area contributed by atoms with Gasteiger partial charge in [0.15, 0.2) is 5.69 Å². The minimum Gasteiger partial charge on any atom is -0.501 e. The van der Waals surface area contributed by atoms with E-state index in [1.54, 1.807) is 23.6 Å². The predicted molar refractivity (Wildman–Crippen MR) is 117 cm³/mol. The highest BCUT2D eigenvalue weighted by Crippen LogP contribution is 2.44. The van der Waals surface area contributed by atoms with Crippen molar-refractivity contribution in [2.75, 3.05) is 14.2 Å². The fourth-order valence-corrected chi connectivity index (χ4v) is 5.23. The van der Waals surface area contributed by atoms with E-state index >= 15 is 0 Å². The van der Waals surface area contributed by atoms with Crippen LogP contribution in [0.25, 0.3) is 0 Å². The molecule has 0 spiro atoms. The van der Waals surface area contributed by atoms with Crippen LogP contribution in [0.2, 0.25) is 0 Å². The lowest BCUT2D eigenvalue weighted by Crippen LogP contribution is -2.47. The third kappa shape index (κ3) is 3.76. The highest BCUT2D eigenvalue weighted by molar-refractivity contribution is 5.95. The summed E-state index contributed by atoms with van der Waals surface area (Å²) in [7, 11) is 3.39. The van der Waals surface area contributed by atoms with Crippen LogP contribution >= 0.6 is 0 Å². The van der Waals surface area contributed by atoms with Crippen LogP contribution in [-0.2, 0) is 29.7 Å². The molecule has 1 amide bonds. The van der Waals surface area contributed by atoms with Crippen molar-refractivity contribution in [1.29, 1.82) is 0 Å². The van der Waals surface area contributed by atoms with E-state index in [0.29, 0.717) is 25.4 Å². The van der Waals surface area contributed by atoms with Gasteiger partial charge in [-0.3, -0.25) is 9.59 Å². The summed E-state index contributed by atoms with van der Waals surface area (Å²) in [5, 5.41) is 10.4. The summed E-state index contributed by atoms with van der Waals surface area (Å²) in [6, 6.07) is 6.52. The van der Waals surface area contributed by atoms with Crippen molar-refractivity contribution >= 4 is 5.91 Å². The fraction of sp³-hybridized carbons (Fsp3) is 0.542. The first-order valence-corrected chi connectivity index (χ1v) is 11.0. The van der Waals surface area contributed by atoms with Gasteiger partial charge in [0.25, 0.3) is 5.91 Å². The van der Waals surface area contributed by atoms with Crippen LogP contribution in [0.1, 0.15) is 65.6 Å². The summed E-state index contributed by atoms with van der Waals surface area (Å²) in [6.07, 6.45) is 4.79. The van der Waals surface area contributed by atoms with Gasteiger partial charge in [-0.2, -0.15) is 4.98 Å². The van der Waals surface area contributed by atoms with E-state index < -0.39 is 11.3 Å². The normalized spacial score (nSPS) is 20.2. The van der Waals surface area contributed by atoms with Gasteiger partial charge in [-0.05, 0) is 37.8 Å². The van der Waals surface area contributed by atoms with E-state index in [-0.39, 0.29) is 23.1 Å². The number of benzene rings is 1. The molecule has 1 aliphatic heterocycles. The zero-order chi connectivity index (χ0) is 22.3. The van der Waals surface area contributed by atoms with Crippen molar-refractivity contribution in [3.63, 3.8) is 0 Å². The first kappa shape index (κ1) is 21.6. The van der Waals surface area contributed by atoms with Gasteiger partial charge in [-0.25, -0.2) is 0 Å². The number of nitrogens with zero attached hydrogens (tertiary/aromatic N) is 3. The van der Waals surface area contributed by atoms with E-state index in [1.807, 2.05) is 6.92 Å². The van der Waals surface area contributed by atoms with Gasteiger partial charge in [-0.15, -0.1) is 0 Å². The van der Waals surface area contributed by atoms with Gasteiger partial charge < -0.3 is 19.3 Å². The average molecular weight is 426 g/mol. The molecule has 2 aliphatic rings. The fourth-order valence-electron chi connectivity index (χ4n) is 5.23. The topological polar surface area (TPSA) is 84.7 Å². The van der Waals surface area contributed by atoms with Gasteiger partial charge >= 0.3 is 5.56 Å². The van der Waals surface area contributed by atoms with E-state index in [1.165, 1.54) is 11.1 Å². The van der Waals surface area contributed by atoms with Gasteiger partial charge in [0.1, 0.15) is 5.82 Å². The molecule has 2 heterocycles. The lowest BCUT2D eigenvalue weighted by atomic mass is 9.75. The predicted octanol–water partition coefficient (Wildman–Crippen LogP) is 2.93. The molecule has 0 radical (unpaired) electrons. The standard InChI is InChI=1S/C24H31N3O4/c1-15-9-17(14-31-4)11-18(10-15)24(7-5-6-8-24)12-19-25-22(29)21(28)20-23(30)26(3)16(2)13-27(19)20/h9-11,16,28H,5-8,12-14H2,1-4H3/t16-/m0/s1. The Balaban J connectivity index is 1.83. The minimum atomic E-state index is -0.727. The maximum absolute atomic E-state index is 12.9. The molecule has 1 aromatic carbocycles. The Kier molecular flexibility index (Phi) is 5.64. The van der Waals surface area contributed by atoms with Crippen molar-refractivity contribution in [1.82, 2.24) is 14.5 Å². The number of aromatic hydroxyl groups is 1. The molecule has 2 aromatic rings. The maximum Gasteiger partial charge on any atom is 0.315 e. The Labute approximate surface area is 182 Å². The molecule has 7 nitrogen and oxygen atoms in total. The second-order valence-electron chi connectivity index (χ2n) is 9.21. The van der Waals surface area contributed by atoms with Crippen LogP contribution in [0.5, 0.6) is 5.75 Å². The summed E-state index contributed by atoms with van der Waals surface area (Å²) >= 11 is 0. The van der Waals surface area contributed by atoms with Gasteiger partial charge in [0.05, 0.1) is 6.61 Å². The molecule has 0 unspecified atom stereocenters. The monoisotopic (exact) mass is 425 g/mol. The third-order valence-electron chi connectivity index (χ3n) is 6.99. The number of hydrogen-bond donors (Lipinski definition) is 1. The number of fused-ring (bicyclic) bond motifs is 1. The van der Waals surface area contributed by atoms with Crippen molar-refractivity contribution in [2.24, 2.45) is 0 Å². The van der Waals surface area contributed by atoms with Crippen molar-refractivity contribution in [3.05, 3.63) is 56.8 Å². The molecule has 1 fully saturated rings. The summed E-state index contributed by atoms with van der Waals surface area (Å²) in [5.74, 6) is -0.302. The molecular weight excluding hydrogens is 394 g/mol. The Morgan fingerprint density at radius 3 is 2.61 bits per heavy atom. The lowest BCUT2D eigenvalue weighted by molar-refractivity contribution is 0.0660. The Morgan fingerprint density at radius 2 is 1.94 bits per heavy atom. The molecule has 1 aromatic heterocycles. The van der Waals surface area contributed by atoms with Crippen LogP contribution in [0.3, 0.4) is 0 Å². The number of aromatic nitrogens is 2. The highest BCUT2D eigenvalue weighted by Gasteiger charge is 2.40. The number of likely N-dealkylation sites (N-methyl/N-ethyl adjacent to an activating group) is 1. The van der Waals surface area contributed by atoms with Crippen LogP contribution < -0.4 is 5.56 Å². The maximum atomic E-state index is 12.9. The summed E-state index contributed by atoms with van der Waals surface area (Å²) in [4.78, 5) is 31.2. The van der Waals surface area contributed by atoms with Gasteiger partial charge in [-0.1, -0.05) is 36.6 Å². The van der Waals surface area contributed by atoms with Crippen molar-refractivity contribution in [2.45, 2.75) is 70.6 Å². The molecule has 0 bridgehead atoms. The number of methoxy groups -OCH3 is 1. The largest absolute Gasteiger partial charge is 0.501 e. The first-order valence-electron chi connectivity index (χ1n) is 11.0. The van der Waals surface area contributed by atoms with E-state index in [0.717, 1.165) is 31.2 Å². The summed E-state index contributed by atoms with van der Waals surface area (Å²) < 4.78 is 7.13. The zero-order valence-corrected chi connectivity index (χ0v) is 18.8. The highest BCUT2D eigenvalue weighted by atomic mass is 16.5. The van der Waals surface area contributed by atoms with E-state index in [2.05, 4.69) is 30.1 Å². The second-order valence-corrected chi connectivity index (χ2v) is 9.21. The lowest BCUT2D eigenvalue weighted by Gasteiger charge is -2.36. The van der Waals surface area contributed by atoms with Crippen LogP contribution in [0, 0.1) is 6.92 Å². The van der Waals surface area contributed by atoms with Crippen LogP contribution in [0.15, 0.2) is 23.0 Å². The smallest absolute Gasteiger partial charge is 0.315 e. The van der Waals surface area contributed by atoms with Crippen LogP contribution in [0.4, 0.5) is 0 Å². The zero-order valence-electron chi connectivity index (χ0n) is 18.8. The molecule has 0 saturated heterocycles. The average Bonchev–Trinajstić information content (AvgIpc) is 3.19. The summed E-state index contributed by atoms with van der Waals surface area (Å²) in [6.45, 7) is 5.11. The molecule has 166 valence electrons.